The van der Waals surface area contributed by atoms with Crippen LogP contribution in [0.15, 0.2) is 59.5 Å². The molecule has 1 saturated carbocycles. The Bertz CT molecular complexity index is 1330. The molecule has 4 aromatic rings. The third kappa shape index (κ3) is 4.39. The Kier molecular flexibility index (Phi) is 6.03. The molecule has 2 N–H and O–H groups in total. The zero-order chi connectivity index (χ0) is 23.5. The van der Waals surface area contributed by atoms with Gasteiger partial charge in [-0.1, -0.05) is 6.07 Å². The van der Waals surface area contributed by atoms with Gasteiger partial charge in [0, 0.05) is 23.6 Å². The minimum Gasteiger partial charge on any atom is -0.496 e. The van der Waals surface area contributed by atoms with Gasteiger partial charge in [0.15, 0.2) is 0 Å². The zero-order valence-electron chi connectivity index (χ0n) is 18.8. The van der Waals surface area contributed by atoms with Crippen molar-refractivity contribution in [1.82, 2.24) is 9.97 Å². The summed E-state index contributed by atoms with van der Waals surface area (Å²) in [7, 11) is 1.66. The van der Waals surface area contributed by atoms with Gasteiger partial charge in [0.05, 0.1) is 25.2 Å². The number of furan rings is 1. The molecule has 0 atom stereocenters. The minimum atomic E-state index is -1.02. The normalized spacial score (nSPS) is 13.4. The van der Waals surface area contributed by atoms with E-state index in [1.54, 1.807) is 25.5 Å². The van der Waals surface area contributed by atoms with Crippen molar-refractivity contribution >= 4 is 22.8 Å². The molecule has 5 rings (SSSR count). The Labute approximate surface area is 196 Å². The summed E-state index contributed by atoms with van der Waals surface area (Å²) >= 11 is 0. The molecule has 8 heteroatoms. The molecule has 2 heterocycles. The summed E-state index contributed by atoms with van der Waals surface area (Å²) in [4.78, 5) is 20.5. The third-order valence-electron chi connectivity index (χ3n) is 6.08. The van der Waals surface area contributed by atoms with Crippen LogP contribution in [-0.4, -0.2) is 40.8 Å². The molecule has 1 fully saturated rings. The number of para-hydroxylation sites is 1. The van der Waals surface area contributed by atoms with Crippen LogP contribution in [0, 0.1) is 0 Å². The average molecular weight is 460 g/mol. The fourth-order valence-electron chi connectivity index (χ4n) is 4.03. The van der Waals surface area contributed by atoms with Crippen molar-refractivity contribution in [2.75, 3.05) is 19.0 Å². The van der Waals surface area contributed by atoms with Crippen molar-refractivity contribution in [3.8, 4) is 22.8 Å². The molecule has 0 spiro atoms. The summed E-state index contributed by atoms with van der Waals surface area (Å²) in [6.07, 6.45) is 6.82. The van der Waals surface area contributed by atoms with E-state index >= 15 is 0 Å². The van der Waals surface area contributed by atoms with E-state index in [9.17, 15) is 9.90 Å². The number of carbonyl (C=O) groups is 1. The number of aromatic nitrogens is 2. The number of rotatable bonds is 9. The van der Waals surface area contributed by atoms with Crippen LogP contribution in [0.1, 0.15) is 35.2 Å². The molecule has 1 aliphatic rings. The fourth-order valence-corrected chi connectivity index (χ4v) is 4.03. The van der Waals surface area contributed by atoms with E-state index < -0.39 is 5.97 Å². The fraction of sp³-hybridized carbons (Fsp3) is 0.269. The van der Waals surface area contributed by atoms with E-state index in [0.29, 0.717) is 35.8 Å². The van der Waals surface area contributed by atoms with Gasteiger partial charge in [0.25, 0.3) is 0 Å². The van der Waals surface area contributed by atoms with Crippen LogP contribution in [0.5, 0.6) is 11.5 Å². The van der Waals surface area contributed by atoms with Crippen molar-refractivity contribution in [3.05, 3.63) is 66.2 Å². The highest BCUT2D eigenvalue weighted by atomic mass is 16.5. The number of aromatic carboxylic acids is 1. The largest absolute Gasteiger partial charge is 0.496 e. The Morgan fingerprint density at radius 3 is 2.85 bits per heavy atom. The van der Waals surface area contributed by atoms with Gasteiger partial charge in [0.1, 0.15) is 34.8 Å². The summed E-state index contributed by atoms with van der Waals surface area (Å²) in [5.74, 6) is 0.785. The first-order valence-corrected chi connectivity index (χ1v) is 11.3. The molecule has 0 saturated heterocycles. The summed E-state index contributed by atoms with van der Waals surface area (Å²) in [5.41, 5.74) is 3.22. The number of hydrogen-bond acceptors (Lipinski definition) is 7. The zero-order valence-corrected chi connectivity index (χ0v) is 18.8. The Hall–Kier alpha value is -4.07. The first-order chi connectivity index (χ1) is 16.6. The molecule has 0 bridgehead atoms. The predicted molar refractivity (Wildman–Crippen MR) is 128 cm³/mol. The van der Waals surface area contributed by atoms with E-state index in [1.807, 2.05) is 30.3 Å². The lowest BCUT2D eigenvalue weighted by atomic mass is 9.95. The third-order valence-corrected chi connectivity index (χ3v) is 6.08. The highest BCUT2D eigenvalue weighted by Gasteiger charge is 2.25. The summed E-state index contributed by atoms with van der Waals surface area (Å²) in [6.45, 7) is 0.611. The van der Waals surface area contributed by atoms with Crippen molar-refractivity contribution < 1.29 is 23.8 Å². The van der Waals surface area contributed by atoms with E-state index in [2.05, 4.69) is 15.3 Å². The minimum absolute atomic E-state index is 0.0418. The van der Waals surface area contributed by atoms with Crippen molar-refractivity contribution in [2.45, 2.75) is 31.8 Å². The van der Waals surface area contributed by atoms with E-state index in [1.165, 1.54) is 6.33 Å². The second-order valence-electron chi connectivity index (χ2n) is 8.25. The van der Waals surface area contributed by atoms with Crippen LogP contribution in [-0.2, 0) is 6.42 Å². The smallest absolute Gasteiger partial charge is 0.339 e. The van der Waals surface area contributed by atoms with Crippen molar-refractivity contribution in [1.29, 1.82) is 0 Å². The lowest BCUT2D eigenvalue weighted by Gasteiger charge is -2.28. The van der Waals surface area contributed by atoms with Crippen LogP contribution in [0.2, 0.25) is 0 Å². The van der Waals surface area contributed by atoms with Crippen molar-refractivity contribution in [2.24, 2.45) is 0 Å². The number of nitrogens with zero attached hydrogens (tertiary/aromatic N) is 2. The molecule has 2 aromatic carbocycles. The molecule has 34 heavy (non-hydrogen) atoms. The standard InChI is InChI=1S/C26H25N3O5/c1-32-22-12-17-9-11-33-23(17)13-16(22)8-10-27-24-14-21(28-15-29-24)19-6-3-7-20(26(30)31)25(19)34-18-4-2-5-18/h3,6-7,9,11-15,18H,2,4-5,8,10H2,1H3,(H,30,31)(H,27,28,29). The summed E-state index contributed by atoms with van der Waals surface area (Å²) < 4.78 is 17.1. The van der Waals surface area contributed by atoms with Gasteiger partial charge in [-0.25, -0.2) is 14.8 Å². The van der Waals surface area contributed by atoms with Gasteiger partial charge in [-0.05, 0) is 61.6 Å². The molecular formula is C26H25N3O5. The SMILES string of the molecule is COc1cc2ccoc2cc1CCNc1cc(-c2cccc(C(=O)O)c2OC2CCC2)ncn1. The maximum Gasteiger partial charge on any atom is 0.339 e. The highest BCUT2D eigenvalue weighted by molar-refractivity contribution is 5.94. The molecule has 0 amide bonds. The number of carboxylic acid groups (broad SMARTS) is 1. The molecular weight excluding hydrogens is 434 g/mol. The van der Waals surface area contributed by atoms with Crippen LogP contribution in [0.4, 0.5) is 5.82 Å². The lowest BCUT2D eigenvalue weighted by molar-refractivity contribution is 0.0680. The Morgan fingerprint density at radius 1 is 1.21 bits per heavy atom. The number of carboxylic acids is 1. The molecule has 1 aliphatic carbocycles. The number of hydrogen-bond donors (Lipinski definition) is 2. The lowest BCUT2D eigenvalue weighted by Crippen LogP contribution is -2.25. The molecule has 0 aliphatic heterocycles. The summed E-state index contributed by atoms with van der Waals surface area (Å²) in [6, 6.07) is 12.8. The topological polar surface area (TPSA) is 107 Å². The number of fused-ring (bicyclic) bond motifs is 1. The van der Waals surface area contributed by atoms with Gasteiger partial charge in [-0.15, -0.1) is 0 Å². The van der Waals surface area contributed by atoms with Gasteiger partial charge in [0.2, 0.25) is 0 Å². The molecule has 0 unspecified atom stereocenters. The first kappa shape index (κ1) is 21.8. The highest BCUT2D eigenvalue weighted by Crippen LogP contribution is 2.36. The van der Waals surface area contributed by atoms with Gasteiger partial charge >= 0.3 is 5.97 Å². The monoisotopic (exact) mass is 459 g/mol. The number of anilines is 1. The van der Waals surface area contributed by atoms with E-state index in [-0.39, 0.29) is 11.7 Å². The Morgan fingerprint density at radius 2 is 2.09 bits per heavy atom. The maximum atomic E-state index is 11.8. The van der Waals surface area contributed by atoms with Gasteiger partial charge in [-0.3, -0.25) is 0 Å². The maximum absolute atomic E-state index is 11.8. The molecule has 0 radical (unpaired) electrons. The molecule has 8 nitrogen and oxygen atoms in total. The van der Waals surface area contributed by atoms with Crippen LogP contribution in [0.25, 0.3) is 22.2 Å². The second kappa shape index (κ2) is 9.43. The van der Waals surface area contributed by atoms with Crippen molar-refractivity contribution in [3.63, 3.8) is 0 Å². The number of nitrogens with one attached hydrogen (secondary N) is 1. The second-order valence-corrected chi connectivity index (χ2v) is 8.25. The number of benzene rings is 2. The number of methoxy groups -OCH3 is 1. The summed E-state index contributed by atoms with van der Waals surface area (Å²) in [5, 5.41) is 14.0. The molecule has 2 aromatic heterocycles. The van der Waals surface area contributed by atoms with Crippen LogP contribution in [0.3, 0.4) is 0 Å². The van der Waals surface area contributed by atoms with E-state index in [0.717, 1.165) is 41.5 Å². The quantitative estimate of drug-likeness (QED) is 0.352. The predicted octanol–water partition coefficient (Wildman–Crippen LogP) is 5.18. The van der Waals surface area contributed by atoms with Crippen LogP contribution >= 0.6 is 0 Å². The van der Waals surface area contributed by atoms with Gasteiger partial charge in [-0.2, -0.15) is 0 Å². The first-order valence-electron chi connectivity index (χ1n) is 11.3. The molecule has 174 valence electrons. The van der Waals surface area contributed by atoms with E-state index in [4.69, 9.17) is 13.9 Å². The van der Waals surface area contributed by atoms with Crippen LogP contribution < -0.4 is 14.8 Å². The average Bonchev–Trinajstić information content (AvgIpc) is 3.28. The van der Waals surface area contributed by atoms with Gasteiger partial charge < -0.3 is 24.3 Å². The Balaban J connectivity index is 1.35. The number of ether oxygens (including phenoxy) is 2.